The summed E-state index contributed by atoms with van der Waals surface area (Å²) in [5.41, 5.74) is 6.11. The predicted octanol–water partition coefficient (Wildman–Crippen LogP) is 1.71. The smallest absolute Gasteiger partial charge is 0.123 e. The highest BCUT2D eigenvalue weighted by Gasteiger charge is 2.28. The number of aliphatic hydroxyl groups is 1. The van der Waals surface area contributed by atoms with E-state index in [0.717, 1.165) is 5.56 Å². The first-order valence-corrected chi connectivity index (χ1v) is 5.10. The van der Waals surface area contributed by atoms with Crippen molar-refractivity contribution in [3.8, 4) is 0 Å². The maximum absolute atomic E-state index is 13.0. The topological polar surface area (TPSA) is 46.2 Å². The molecule has 2 unspecified atom stereocenters. The molecule has 0 aliphatic heterocycles. The van der Waals surface area contributed by atoms with E-state index in [1.165, 1.54) is 12.1 Å². The lowest BCUT2D eigenvalue weighted by molar-refractivity contribution is 0.0588. The Morgan fingerprint density at radius 3 is 2.67 bits per heavy atom. The van der Waals surface area contributed by atoms with Crippen LogP contribution in [0.5, 0.6) is 0 Å². The third-order valence-corrected chi connectivity index (χ3v) is 2.97. The number of hydrogen-bond acceptors (Lipinski definition) is 2. The molecule has 0 aliphatic carbocycles. The van der Waals surface area contributed by atoms with Crippen LogP contribution >= 0.6 is 0 Å². The Bertz CT molecular complexity index is 327. The zero-order chi connectivity index (χ0) is 11.5. The van der Waals surface area contributed by atoms with Gasteiger partial charge in [-0.05, 0) is 31.0 Å². The number of nitrogens with two attached hydrogens (primary N) is 1. The summed E-state index contributed by atoms with van der Waals surface area (Å²) >= 11 is 0. The molecule has 0 fully saturated rings. The molecule has 0 saturated carbocycles. The number of benzene rings is 1. The summed E-state index contributed by atoms with van der Waals surface area (Å²) in [7, 11) is 0. The largest absolute Gasteiger partial charge is 0.393 e. The van der Waals surface area contributed by atoms with E-state index in [9.17, 15) is 9.50 Å². The molecule has 3 N–H and O–H groups in total. The van der Waals surface area contributed by atoms with E-state index in [2.05, 4.69) is 0 Å². The highest BCUT2D eigenvalue weighted by molar-refractivity contribution is 5.18. The fraction of sp³-hybridized carbons (Fsp3) is 0.500. The van der Waals surface area contributed by atoms with Gasteiger partial charge in [0.05, 0.1) is 6.10 Å². The van der Waals surface area contributed by atoms with Gasteiger partial charge in [-0.3, -0.25) is 0 Å². The average molecular weight is 211 g/mol. The van der Waals surface area contributed by atoms with E-state index in [-0.39, 0.29) is 5.82 Å². The van der Waals surface area contributed by atoms with Crippen molar-refractivity contribution in [1.29, 1.82) is 0 Å². The zero-order valence-electron chi connectivity index (χ0n) is 9.20. The molecule has 1 aromatic rings. The first-order valence-electron chi connectivity index (χ1n) is 5.10. The van der Waals surface area contributed by atoms with Crippen molar-refractivity contribution in [1.82, 2.24) is 0 Å². The van der Waals surface area contributed by atoms with Gasteiger partial charge in [-0.2, -0.15) is 0 Å². The van der Waals surface area contributed by atoms with Gasteiger partial charge in [-0.25, -0.2) is 4.39 Å². The van der Waals surface area contributed by atoms with Crippen molar-refractivity contribution in [3.63, 3.8) is 0 Å². The van der Waals surface area contributed by atoms with Crippen molar-refractivity contribution >= 4 is 0 Å². The quantitative estimate of drug-likeness (QED) is 0.796. The minimum Gasteiger partial charge on any atom is -0.393 e. The molecule has 1 rings (SSSR count). The van der Waals surface area contributed by atoms with Crippen LogP contribution < -0.4 is 5.73 Å². The Morgan fingerprint density at radius 2 is 2.20 bits per heavy atom. The van der Waals surface area contributed by atoms with Gasteiger partial charge in [-0.1, -0.05) is 19.1 Å². The van der Waals surface area contributed by atoms with Crippen LogP contribution in [-0.4, -0.2) is 17.8 Å². The van der Waals surface area contributed by atoms with Crippen LogP contribution in [-0.2, 0) is 6.42 Å². The van der Waals surface area contributed by atoms with Gasteiger partial charge in [0.2, 0.25) is 0 Å². The second-order valence-electron chi connectivity index (χ2n) is 4.34. The SMILES string of the molecule is CC(O)C(C)(CN)Cc1cccc(F)c1. The van der Waals surface area contributed by atoms with E-state index in [1.807, 2.05) is 13.0 Å². The summed E-state index contributed by atoms with van der Waals surface area (Å²) in [5.74, 6) is -0.252. The molecule has 0 spiro atoms. The maximum atomic E-state index is 13.0. The molecule has 2 nitrogen and oxygen atoms in total. The average Bonchev–Trinajstić information content (AvgIpc) is 2.17. The van der Waals surface area contributed by atoms with E-state index < -0.39 is 11.5 Å². The molecule has 0 amide bonds. The van der Waals surface area contributed by atoms with Crippen molar-refractivity contribution < 1.29 is 9.50 Å². The molecule has 2 atom stereocenters. The Hall–Kier alpha value is -0.930. The molecule has 84 valence electrons. The number of hydrogen-bond donors (Lipinski definition) is 2. The van der Waals surface area contributed by atoms with Crippen LogP contribution in [0.1, 0.15) is 19.4 Å². The molecule has 15 heavy (non-hydrogen) atoms. The van der Waals surface area contributed by atoms with Gasteiger partial charge in [0.1, 0.15) is 5.82 Å². The number of halogens is 1. The van der Waals surface area contributed by atoms with Crippen molar-refractivity contribution in [2.45, 2.75) is 26.4 Å². The molecule has 0 aliphatic rings. The van der Waals surface area contributed by atoms with Crippen LogP contribution in [0, 0.1) is 11.2 Å². The Balaban J connectivity index is 2.84. The predicted molar refractivity (Wildman–Crippen MR) is 58.9 cm³/mol. The molecule has 1 aromatic carbocycles. The Kier molecular flexibility index (Phi) is 3.83. The summed E-state index contributed by atoms with van der Waals surface area (Å²) in [6, 6.07) is 6.41. The van der Waals surface area contributed by atoms with Crippen LogP contribution in [0.4, 0.5) is 4.39 Å². The van der Waals surface area contributed by atoms with Gasteiger partial charge in [0.25, 0.3) is 0 Å². The highest BCUT2D eigenvalue weighted by Crippen LogP contribution is 2.25. The van der Waals surface area contributed by atoms with Crippen LogP contribution in [0.2, 0.25) is 0 Å². The minimum absolute atomic E-state index is 0.252. The van der Waals surface area contributed by atoms with E-state index in [4.69, 9.17) is 5.73 Å². The van der Waals surface area contributed by atoms with Gasteiger partial charge >= 0.3 is 0 Å². The lowest BCUT2D eigenvalue weighted by Crippen LogP contribution is -2.39. The molecule has 0 aromatic heterocycles. The lowest BCUT2D eigenvalue weighted by atomic mass is 9.79. The highest BCUT2D eigenvalue weighted by atomic mass is 19.1. The summed E-state index contributed by atoms with van der Waals surface area (Å²) in [6.07, 6.45) is 0.0737. The summed E-state index contributed by atoms with van der Waals surface area (Å²) in [4.78, 5) is 0. The summed E-state index contributed by atoms with van der Waals surface area (Å²) in [5, 5.41) is 9.63. The van der Waals surface area contributed by atoms with Gasteiger partial charge < -0.3 is 10.8 Å². The van der Waals surface area contributed by atoms with Crippen molar-refractivity contribution in [2.75, 3.05) is 6.54 Å². The van der Waals surface area contributed by atoms with Gasteiger partial charge in [0.15, 0.2) is 0 Å². The fourth-order valence-electron chi connectivity index (χ4n) is 1.50. The van der Waals surface area contributed by atoms with Crippen LogP contribution in [0.25, 0.3) is 0 Å². The third kappa shape index (κ3) is 3.01. The lowest BCUT2D eigenvalue weighted by Gasteiger charge is -2.31. The van der Waals surface area contributed by atoms with Crippen LogP contribution in [0.15, 0.2) is 24.3 Å². The number of rotatable bonds is 4. The van der Waals surface area contributed by atoms with E-state index >= 15 is 0 Å². The summed E-state index contributed by atoms with van der Waals surface area (Å²) < 4.78 is 13.0. The van der Waals surface area contributed by atoms with E-state index in [1.54, 1.807) is 13.0 Å². The normalized spacial score (nSPS) is 17.1. The molecular weight excluding hydrogens is 193 g/mol. The monoisotopic (exact) mass is 211 g/mol. The van der Waals surface area contributed by atoms with Gasteiger partial charge in [0, 0.05) is 12.0 Å². The molecule has 3 heteroatoms. The van der Waals surface area contributed by atoms with Gasteiger partial charge in [-0.15, -0.1) is 0 Å². The number of aliphatic hydroxyl groups excluding tert-OH is 1. The maximum Gasteiger partial charge on any atom is 0.123 e. The molecule has 0 heterocycles. The standard InChI is InChI=1S/C12H18FNO/c1-9(15)12(2,8-14)7-10-4-3-5-11(13)6-10/h3-6,9,15H,7-8,14H2,1-2H3. The molecule has 0 saturated heterocycles. The first kappa shape index (κ1) is 12.1. The first-order chi connectivity index (χ1) is 6.98. The summed E-state index contributed by atoms with van der Waals surface area (Å²) in [6.45, 7) is 4.00. The minimum atomic E-state index is -0.509. The van der Waals surface area contributed by atoms with Crippen LogP contribution in [0.3, 0.4) is 0 Å². The molecule has 0 bridgehead atoms. The zero-order valence-corrected chi connectivity index (χ0v) is 9.20. The Morgan fingerprint density at radius 1 is 1.53 bits per heavy atom. The van der Waals surface area contributed by atoms with E-state index in [0.29, 0.717) is 13.0 Å². The third-order valence-electron chi connectivity index (χ3n) is 2.97. The fourth-order valence-corrected chi connectivity index (χ4v) is 1.50. The second kappa shape index (κ2) is 4.73. The van der Waals surface area contributed by atoms with Crippen molar-refractivity contribution in [3.05, 3.63) is 35.6 Å². The second-order valence-corrected chi connectivity index (χ2v) is 4.34. The van der Waals surface area contributed by atoms with Crippen molar-refractivity contribution in [2.24, 2.45) is 11.1 Å². The molecule has 0 radical (unpaired) electrons. The Labute approximate surface area is 89.9 Å². The molecular formula is C12H18FNO.